The van der Waals surface area contributed by atoms with E-state index in [9.17, 15) is 8.42 Å². The van der Waals surface area contributed by atoms with Gasteiger partial charge in [-0.1, -0.05) is 13.8 Å². The lowest BCUT2D eigenvalue weighted by molar-refractivity contribution is 0.153. The van der Waals surface area contributed by atoms with Gasteiger partial charge in [-0.2, -0.15) is 0 Å². The van der Waals surface area contributed by atoms with Crippen LogP contribution in [-0.2, 0) is 14.8 Å². The van der Waals surface area contributed by atoms with Crippen LogP contribution in [0, 0.1) is 5.41 Å². The summed E-state index contributed by atoms with van der Waals surface area (Å²) in [5, 5.41) is -0.395. The highest BCUT2D eigenvalue weighted by molar-refractivity contribution is 7.90. The highest BCUT2D eigenvalue weighted by atomic mass is 35.5. The van der Waals surface area contributed by atoms with Crippen LogP contribution >= 0.6 is 11.6 Å². The minimum absolute atomic E-state index is 0.116. The predicted octanol–water partition coefficient (Wildman–Crippen LogP) is 1.16. The third kappa shape index (κ3) is 6.59. The van der Waals surface area contributed by atoms with Crippen LogP contribution in [0.15, 0.2) is 0 Å². The molecule has 0 rings (SSSR count). The zero-order valence-corrected chi connectivity index (χ0v) is 10.4. The highest BCUT2D eigenvalue weighted by Crippen LogP contribution is 2.19. The van der Waals surface area contributed by atoms with E-state index in [4.69, 9.17) is 16.3 Å². The molecule has 0 heterocycles. The molecule has 0 bridgehead atoms. The molecule has 0 amide bonds. The van der Waals surface area contributed by atoms with Gasteiger partial charge in [0, 0.05) is 20.3 Å². The van der Waals surface area contributed by atoms with Crippen molar-refractivity contribution in [3.05, 3.63) is 0 Å². The maximum atomic E-state index is 11.0. The number of sulfonamides is 1. The molecule has 6 heteroatoms. The molecule has 0 atom stereocenters. The number of nitrogens with one attached hydrogen (secondary N) is 1. The smallest absolute Gasteiger partial charge is 0.225 e. The number of halogens is 1. The summed E-state index contributed by atoms with van der Waals surface area (Å²) in [5.41, 5.74) is -0.116. The second-order valence-corrected chi connectivity index (χ2v) is 6.34. The first-order valence-electron chi connectivity index (χ1n) is 4.35. The Morgan fingerprint density at radius 1 is 1.43 bits per heavy atom. The van der Waals surface area contributed by atoms with Crippen LogP contribution in [0.2, 0.25) is 0 Å². The normalized spacial score (nSPS) is 13.1. The van der Waals surface area contributed by atoms with Crippen molar-refractivity contribution in [3.63, 3.8) is 0 Å². The van der Waals surface area contributed by atoms with E-state index in [-0.39, 0.29) is 5.41 Å². The van der Waals surface area contributed by atoms with Crippen LogP contribution in [0.5, 0.6) is 0 Å². The van der Waals surface area contributed by atoms with E-state index < -0.39 is 15.2 Å². The molecule has 0 aliphatic carbocycles. The van der Waals surface area contributed by atoms with Gasteiger partial charge in [0.15, 0.2) is 0 Å². The van der Waals surface area contributed by atoms with Crippen molar-refractivity contribution in [2.45, 2.75) is 20.3 Å². The maximum absolute atomic E-state index is 11.0. The first kappa shape index (κ1) is 14.2. The van der Waals surface area contributed by atoms with E-state index in [0.717, 1.165) is 6.42 Å². The van der Waals surface area contributed by atoms with Crippen molar-refractivity contribution in [2.75, 3.05) is 25.5 Å². The Morgan fingerprint density at radius 2 is 2.00 bits per heavy atom. The lowest BCUT2D eigenvalue weighted by Gasteiger charge is -2.24. The summed E-state index contributed by atoms with van der Waals surface area (Å²) in [5.74, 6) is 0. The van der Waals surface area contributed by atoms with Crippen LogP contribution < -0.4 is 4.72 Å². The molecule has 0 aromatic carbocycles. The Labute approximate surface area is 91.0 Å². The average Bonchev–Trinajstić information content (AvgIpc) is 2.12. The third-order valence-corrected chi connectivity index (χ3v) is 3.63. The minimum atomic E-state index is -3.30. The Bertz CT molecular complexity index is 251. The van der Waals surface area contributed by atoms with Crippen molar-refractivity contribution in [1.29, 1.82) is 0 Å². The molecule has 0 saturated heterocycles. The number of hydrogen-bond donors (Lipinski definition) is 1. The van der Waals surface area contributed by atoms with Gasteiger partial charge in [-0.15, -0.1) is 11.6 Å². The average molecular weight is 244 g/mol. The molecule has 4 nitrogen and oxygen atoms in total. The lowest BCUT2D eigenvalue weighted by Crippen LogP contribution is -2.35. The summed E-state index contributed by atoms with van der Waals surface area (Å²) in [7, 11) is -1.68. The van der Waals surface area contributed by atoms with E-state index in [1.807, 2.05) is 13.8 Å². The van der Waals surface area contributed by atoms with Gasteiger partial charge in [0.05, 0.1) is 0 Å². The maximum Gasteiger partial charge on any atom is 0.225 e. The van der Waals surface area contributed by atoms with Crippen LogP contribution in [-0.4, -0.2) is 33.9 Å². The zero-order valence-electron chi connectivity index (χ0n) is 8.84. The Morgan fingerprint density at radius 3 is 2.43 bits per heavy atom. The summed E-state index contributed by atoms with van der Waals surface area (Å²) in [4.78, 5) is 0. The van der Waals surface area contributed by atoms with E-state index in [0.29, 0.717) is 13.2 Å². The van der Waals surface area contributed by atoms with E-state index in [1.165, 1.54) is 0 Å². The molecule has 86 valence electrons. The van der Waals surface area contributed by atoms with E-state index in [2.05, 4.69) is 4.72 Å². The first-order chi connectivity index (χ1) is 6.33. The van der Waals surface area contributed by atoms with Crippen molar-refractivity contribution >= 4 is 21.6 Å². The molecule has 1 N–H and O–H groups in total. The second-order valence-electron chi connectivity index (χ2n) is 3.95. The van der Waals surface area contributed by atoms with Gasteiger partial charge >= 0.3 is 0 Å². The SMILES string of the molecule is COCCC(C)(C)CNS(=O)(=O)CCl. The van der Waals surface area contributed by atoms with Crippen LogP contribution in [0.1, 0.15) is 20.3 Å². The molecule has 0 aromatic heterocycles. The fourth-order valence-corrected chi connectivity index (χ4v) is 1.73. The standard InChI is InChI=1S/C8H18ClNO3S/c1-8(2,4-5-13-3)6-10-14(11,12)7-9/h10H,4-7H2,1-3H3. The van der Waals surface area contributed by atoms with Gasteiger partial charge in [-0.25, -0.2) is 13.1 Å². The molecule has 0 aliphatic heterocycles. The number of alkyl halides is 1. The molecule has 0 saturated carbocycles. The van der Waals surface area contributed by atoms with E-state index in [1.54, 1.807) is 7.11 Å². The Kier molecular flexibility index (Phi) is 5.97. The van der Waals surface area contributed by atoms with Gasteiger partial charge < -0.3 is 4.74 Å². The molecular weight excluding hydrogens is 226 g/mol. The van der Waals surface area contributed by atoms with Gasteiger partial charge in [0.1, 0.15) is 5.21 Å². The molecule has 0 unspecified atom stereocenters. The number of hydrogen-bond acceptors (Lipinski definition) is 3. The Hall–Kier alpha value is 0.160. The minimum Gasteiger partial charge on any atom is -0.385 e. The summed E-state index contributed by atoms with van der Waals surface area (Å²) < 4.78 is 29.5. The van der Waals surface area contributed by atoms with Crippen LogP contribution in [0.25, 0.3) is 0 Å². The van der Waals surface area contributed by atoms with Crippen LogP contribution in [0.4, 0.5) is 0 Å². The summed E-state index contributed by atoms with van der Waals surface area (Å²) >= 11 is 5.25. The van der Waals surface area contributed by atoms with Crippen molar-refractivity contribution in [3.8, 4) is 0 Å². The Balaban J connectivity index is 3.98. The van der Waals surface area contributed by atoms with Crippen molar-refractivity contribution in [1.82, 2.24) is 4.72 Å². The summed E-state index contributed by atoms with van der Waals surface area (Å²) in [6.07, 6.45) is 0.800. The summed E-state index contributed by atoms with van der Waals surface area (Å²) in [6.45, 7) is 4.95. The number of ether oxygens (including phenoxy) is 1. The zero-order chi connectivity index (χ0) is 11.2. The number of rotatable bonds is 7. The monoisotopic (exact) mass is 243 g/mol. The molecule has 0 fully saturated rings. The van der Waals surface area contributed by atoms with Gasteiger partial charge in [-0.05, 0) is 11.8 Å². The van der Waals surface area contributed by atoms with Crippen LogP contribution in [0.3, 0.4) is 0 Å². The molecule has 0 aliphatic rings. The number of methoxy groups -OCH3 is 1. The molecule has 0 radical (unpaired) electrons. The third-order valence-electron chi connectivity index (χ3n) is 1.90. The summed E-state index contributed by atoms with van der Waals surface area (Å²) in [6, 6.07) is 0. The van der Waals surface area contributed by atoms with Crippen molar-refractivity contribution < 1.29 is 13.2 Å². The predicted molar refractivity (Wildman–Crippen MR) is 57.9 cm³/mol. The quantitative estimate of drug-likeness (QED) is 0.683. The fraction of sp³-hybridized carbons (Fsp3) is 1.00. The molecule has 0 spiro atoms. The van der Waals surface area contributed by atoms with E-state index >= 15 is 0 Å². The van der Waals surface area contributed by atoms with Crippen molar-refractivity contribution in [2.24, 2.45) is 5.41 Å². The van der Waals surface area contributed by atoms with Gasteiger partial charge in [0.2, 0.25) is 10.0 Å². The second kappa shape index (κ2) is 5.90. The highest BCUT2D eigenvalue weighted by Gasteiger charge is 2.20. The first-order valence-corrected chi connectivity index (χ1v) is 6.54. The van der Waals surface area contributed by atoms with Gasteiger partial charge in [0.25, 0.3) is 0 Å². The fourth-order valence-electron chi connectivity index (χ4n) is 0.811. The molecule has 0 aromatic rings. The lowest BCUT2D eigenvalue weighted by atomic mass is 9.90. The topological polar surface area (TPSA) is 55.4 Å². The van der Waals surface area contributed by atoms with Gasteiger partial charge in [-0.3, -0.25) is 0 Å². The molecular formula is C8H18ClNO3S. The largest absolute Gasteiger partial charge is 0.385 e. The molecule has 14 heavy (non-hydrogen) atoms.